The lowest BCUT2D eigenvalue weighted by atomic mass is 9.78. The molecule has 0 amide bonds. The molecule has 2 aliphatic rings. The van der Waals surface area contributed by atoms with E-state index >= 15 is 0 Å². The van der Waals surface area contributed by atoms with Crippen LogP contribution >= 0.6 is 11.3 Å². The van der Waals surface area contributed by atoms with Gasteiger partial charge in [0, 0.05) is 26.1 Å². The normalized spacial score (nSPS) is 26.3. The SMILES string of the molecule is CC1(C)CC(=O)c2sc(CC3CCOC3)nc2C1. The molecule has 0 bridgehead atoms. The predicted octanol–water partition coefficient (Wildman–Crippen LogP) is 2.88. The van der Waals surface area contributed by atoms with E-state index in [1.54, 1.807) is 11.3 Å². The molecule has 1 aromatic heterocycles. The van der Waals surface area contributed by atoms with Crippen molar-refractivity contribution in [2.75, 3.05) is 13.2 Å². The van der Waals surface area contributed by atoms with E-state index < -0.39 is 0 Å². The lowest BCUT2D eigenvalue weighted by molar-refractivity contribution is 0.0916. The zero-order chi connectivity index (χ0) is 12.8. The highest BCUT2D eigenvalue weighted by atomic mass is 32.1. The van der Waals surface area contributed by atoms with Crippen LogP contribution in [-0.4, -0.2) is 24.0 Å². The van der Waals surface area contributed by atoms with Gasteiger partial charge in [0.1, 0.15) is 0 Å². The molecule has 1 saturated heterocycles. The van der Waals surface area contributed by atoms with Crippen molar-refractivity contribution in [1.82, 2.24) is 4.98 Å². The van der Waals surface area contributed by atoms with Gasteiger partial charge in [-0.2, -0.15) is 0 Å². The first-order chi connectivity index (χ1) is 8.53. The summed E-state index contributed by atoms with van der Waals surface area (Å²) in [6.07, 6.45) is 3.70. The van der Waals surface area contributed by atoms with Crippen LogP contribution < -0.4 is 0 Å². The maximum Gasteiger partial charge on any atom is 0.175 e. The van der Waals surface area contributed by atoms with Gasteiger partial charge in [-0.1, -0.05) is 13.8 Å². The van der Waals surface area contributed by atoms with Gasteiger partial charge in [0.25, 0.3) is 0 Å². The number of hydrogen-bond donors (Lipinski definition) is 0. The molecular weight excluding hydrogens is 246 g/mol. The number of carbonyl (C=O) groups is 1. The Balaban J connectivity index is 1.81. The van der Waals surface area contributed by atoms with Crippen LogP contribution in [0.15, 0.2) is 0 Å². The Labute approximate surface area is 112 Å². The monoisotopic (exact) mass is 265 g/mol. The highest BCUT2D eigenvalue weighted by Gasteiger charge is 2.34. The average Bonchev–Trinajstić information content (AvgIpc) is 2.86. The van der Waals surface area contributed by atoms with Crippen molar-refractivity contribution in [3.05, 3.63) is 15.6 Å². The zero-order valence-electron chi connectivity index (χ0n) is 11.0. The topological polar surface area (TPSA) is 39.2 Å². The summed E-state index contributed by atoms with van der Waals surface area (Å²) in [6.45, 7) is 6.03. The van der Waals surface area contributed by atoms with Crippen LogP contribution in [0.3, 0.4) is 0 Å². The van der Waals surface area contributed by atoms with Crippen LogP contribution in [-0.2, 0) is 17.6 Å². The third-order valence-electron chi connectivity index (χ3n) is 3.77. The first-order valence-electron chi connectivity index (χ1n) is 6.63. The van der Waals surface area contributed by atoms with Crippen molar-refractivity contribution < 1.29 is 9.53 Å². The van der Waals surface area contributed by atoms with Gasteiger partial charge in [-0.3, -0.25) is 4.79 Å². The Morgan fingerprint density at radius 3 is 3.00 bits per heavy atom. The average molecular weight is 265 g/mol. The maximum atomic E-state index is 12.1. The van der Waals surface area contributed by atoms with Crippen molar-refractivity contribution in [2.45, 2.75) is 39.5 Å². The lowest BCUT2D eigenvalue weighted by Gasteiger charge is -2.26. The molecule has 3 rings (SSSR count). The van der Waals surface area contributed by atoms with Gasteiger partial charge in [-0.15, -0.1) is 11.3 Å². The molecule has 98 valence electrons. The smallest absolute Gasteiger partial charge is 0.175 e. The number of ketones is 1. The molecule has 1 atom stereocenters. The fourth-order valence-corrected chi connectivity index (χ4v) is 3.98. The maximum absolute atomic E-state index is 12.1. The standard InChI is InChI=1S/C14H19NO2S/c1-14(2)6-10-13(11(16)7-14)18-12(15-10)5-9-3-4-17-8-9/h9H,3-8H2,1-2H3. The van der Waals surface area contributed by atoms with E-state index in [9.17, 15) is 4.79 Å². The van der Waals surface area contributed by atoms with Gasteiger partial charge < -0.3 is 4.74 Å². The van der Waals surface area contributed by atoms with E-state index in [1.165, 1.54) is 0 Å². The van der Waals surface area contributed by atoms with E-state index in [0.29, 0.717) is 12.3 Å². The molecule has 18 heavy (non-hydrogen) atoms. The summed E-state index contributed by atoms with van der Waals surface area (Å²) in [5, 5.41) is 1.13. The highest BCUT2D eigenvalue weighted by molar-refractivity contribution is 7.13. The van der Waals surface area contributed by atoms with Crippen LogP contribution in [0.25, 0.3) is 0 Å². The van der Waals surface area contributed by atoms with Gasteiger partial charge in [-0.25, -0.2) is 4.98 Å². The third kappa shape index (κ3) is 2.36. The first kappa shape index (κ1) is 12.3. The summed E-state index contributed by atoms with van der Waals surface area (Å²) in [7, 11) is 0. The molecule has 0 N–H and O–H groups in total. The number of ether oxygens (including phenoxy) is 1. The van der Waals surface area contributed by atoms with Crippen molar-refractivity contribution in [3.8, 4) is 0 Å². The zero-order valence-corrected chi connectivity index (χ0v) is 11.8. The van der Waals surface area contributed by atoms with Crippen molar-refractivity contribution in [2.24, 2.45) is 11.3 Å². The molecule has 0 saturated carbocycles. The number of carbonyl (C=O) groups excluding carboxylic acids is 1. The lowest BCUT2D eigenvalue weighted by Crippen LogP contribution is -2.26. The van der Waals surface area contributed by atoms with E-state index in [0.717, 1.165) is 48.1 Å². The Bertz CT molecular complexity index is 472. The molecule has 1 aliphatic heterocycles. The van der Waals surface area contributed by atoms with E-state index in [2.05, 4.69) is 13.8 Å². The second-order valence-corrected chi connectivity index (χ2v) is 7.34. The summed E-state index contributed by atoms with van der Waals surface area (Å²) in [5.41, 5.74) is 1.11. The van der Waals surface area contributed by atoms with Crippen molar-refractivity contribution in [1.29, 1.82) is 0 Å². The summed E-state index contributed by atoms with van der Waals surface area (Å²) in [5.74, 6) is 0.883. The minimum Gasteiger partial charge on any atom is -0.381 e. The van der Waals surface area contributed by atoms with Gasteiger partial charge in [0.05, 0.1) is 15.6 Å². The fraction of sp³-hybridized carbons (Fsp3) is 0.714. The van der Waals surface area contributed by atoms with Crippen LogP contribution in [0, 0.1) is 11.3 Å². The molecule has 0 radical (unpaired) electrons. The molecule has 3 nitrogen and oxygen atoms in total. The minimum absolute atomic E-state index is 0.0753. The number of nitrogens with zero attached hydrogens (tertiary/aromatic N) is 1. The summed E-state index contributed by atoms with van der Waals surface area (Å²) < 4.78 is 5.40. The Morgan fingerprint density at radius 1 is 1.44 bits per heavy atom. The number of aromatic nitrogens is 1. The molecule has 0 aromatic carbocycles. The number of thiazole rings is 1. The largest absolute Gasteiger partial charge is 0.381 e. The second kappa shape index (κ2) is 4.42. The van der Waals surface area contributed by atoms with Crippen molar-refractivity contribution in [3.63, 3.8) is 0 Å². The van der Waals surface area contributed by atoms with Gasteiger partial charge in [-0.05, 0) is 24.2 Å². The molecule has 0 spiro atoms. The fourth-order valence-electron chi connectivity index (χ4n) is 2.85. The Morgan fingerprint density at radius 2 is 2.28 bits per heavy atom. The first-order valence-corrected chi connectivity index (χ1v) is 7.45. The van der Waals surface area contributed by atoms with Gasteiger partial charge in [0.15, 0.2) is 5.78 Å². The van der Waals surface area contributed by atoms with E-state index in [1.807, 2.05) is 0 Å². The van der Waals surface area contributed by atoms with Crippen LogP contribution in [0.4, 0.5) is 0 Å². The molecule has 1 aliphatic carbocycles. The molecule has 1 unspecified atom stereocenters. The van der Waals surface area contributed by atoms with E-state index in [4.69, 9.17) is 9.72 Å². The number of fused-ring (bicyclic) bond motifs is 1. The molecule has 1 aromatic rings. The number of Topliss-reactive ketones (excluding diaryl/α,β-unsaturated/α-hetero) is 1. The molecule has 2 heterocycles. The number of hydrogen-bond acceptors (Lipinski definition) is 4. The second-order valence-electron chi connectivity index (χ2n) is 6.26. The summed E-state index contributed by atoms with van der Waals surface area (Å²) in [4.78, 5) is 17.7. The highest BCUT2D eigenvalue weighted by Crippen LogP contribution is 2.37. The summed E-state index contributed by atoms with van der Waals surface area (Å²) >= 11 is 1.61. The van der Waals surface area contributed by atoms with Crippen LogP contribution in [0.5, 0.6) is 0 Å². The van der Waals surface area contributed by atoms with Crippen LogP contribution in [0.2, 0.25) is 0 Å². The predicted molar refractivity (Wildman–Crippen MR) is 71.2 cm³/mol. The molecule has 4 heteroatoms. The van der Waals surface area contributed by atoms with Crippen molar-refractivity contribution >= 4 is 17.1 Å². The van der Waals surface area contributed by atoms with E-state index in [-0.39, 0.29) is 11.2 Å². The van der Waals surface area contributed by atoms with Crippen LogP contribution in [0.1, 0.15) is 47.1 Å². The molecule has 1 fully saturated rings. The van der Waals surface area contributed by atoms with Gasteiger partial charge in [0.2, 0.25) is 0 Å². The molecular formula is C14H19NO2S. The Kier molecular flexibility index (Phi) is 3.02. The quantitative estimate of drug-likeness (QED) is 0.825. The summed E-state index contributed by atoms with van der Waals surface area (Å²) in [6, 6.07) is 0. The third-order valence-corrected chi connectivity index (χ3v) is 4.93. The minimum atomic E-state index is 0.0753. The Hall–Kier alpha value is -0.740. The number of rotatable bonds is 2. The van der Waals surface area contributed by atoms with Gasteiger partial charge >= 0.3 is 0 Å².